The lowest BCUT2D eigenvalue weighted by atomic mass is 9.83. The first-order valence-corrected chi connectivity index (χ1v) is 8.97. The number of carbonyl (C=O) groups excluding carboxylic acids is 1. The minimum absolute atomic E-state index is 0.295. The second-order valence-electron chi connectivity index (χ2n) is 5.93. The minimum Gasteiger partial charge on any atom is -0.346 e. The molecule has 0 amide bonds. The van der Waals surface area contributed by atoms with Crippen molar-refractivity contribution >= 4 is 17.7 Å². The molecule has 3 heteroatoms. The Balaban J connectivity index is 1.91. The molecule has 4 rings (SSSR count). The maximum absolute atomic E-state index is 11.6. The van der Waals surface area contributed by atoms with Gasteiger partial charge in [0, 0.05) is 11.3 Å². The number of allylic oxidation sites excluding steroid dienone is 10. The fourth-order valence-electron chi connectivity index (χ4n) is 3.56. The van der Waals surface area contributed by atoms with Gasteiger partial charge in [0.15, 0.2) is 0 Å². The third kappa shape index (κ3) is 2.10. The van der Waals surface area contributed by atoms with Gasteiger partial charge >= 0.3 is 0 Å². The van der Waals surface area contributed by atoms with E-state index in [-0.39, 0.29) is 0 Å². The summed E-state index contributed by atoms with van der Waals surface area (Å²) in [6.07, 6.45) is 24.5. The van der Waals surface area contributed by atoms with Crippen molar-refractivity contribution in [3.05, 3.63) is 102 Å². The van der Waals surface area contributed by atoms with Crippen LogP contribution in [0.5, 0.6) is 0 Å². The molecule has 0 bridgehead atoms. The zero-order valence-electron chi connectivity index (χ0n) is 13.2. The van der Waals surface area contributed by atoms with E-state index in [1.807, 2.05) is 48.2 Å². The van der Waals surface area contributed by atoms with E-state index >= 15 is 0 Å². The van der Waals surface area contributed by atoms with Crippen LogP contribution in [0.1, 0.15) is 0 Å². The van der Waals surface area contributed by atoms with Crippen molar-refractivity contribution in [3.8, 4) is 0 Å². The second-order valence-corrected chi connectivity index (χ2v) is 7.03. The SMILES string of the molecule is C=CC1(N2CSC3C=CC4=CC=CC=CC4=C32)C=CC=CC1=C=O. The van der Waals surface area contributed by atoms with Gasteiger partial charge < -0.3 is 4.90 Å². The summed E-state index contributed by atoms with van der Waals surface area (Å²) in [4.78, 5) is 13.9. The molecule has 0 spiro atoms. The van der Waals surface area contributed by atoms with Crippen LogP contribution in [0.4, 0.5) is 0 Å². The molecule has 0 aromatic carbocycles. The van der Waals surface area contributed by atoms with Gasteiger partial charge in [0.25, 0.3) is 0 Å². The van der Waals surface area contributed by atoms with E-state index in [2.05, 4.69) is 53.9 Å². The Morgan fingerprint density at radius 1 is 1.21 bits per heavy atom. The first-order valence-electron chi connectivity index (χ1n) is 7.92. The van der Waals surface area contributed by atoms with Gasteiger partial charge in [0.05, 0.1) is 16.7 Å². The standard InChI is InChI=1S/C21H17NOS/c1-2-21(13-7-6-9-17(21)14-23)22-15-24-19-12-11-16-8-4-3-5-10-18(16)20(19)22/h2-13,19H,1,15H2. The maximum Gasteiger partial charge on any atom is 0.131 e. The topological polar surface area (TPSA) is 20.3 Å². The van der Waals surface area contributed by atoms with Gasteiger partial charge in [-0.2, -0.15) is 0 Å². The van der Waals surface area contributed by atoms with Gasteiger partial charge in [-0.05, 0) is 17.7 Å². The van der Waals surface area contributed by atoms with Crippen LogP contribution in [0.25, 0.3) is 0 Å². The van der Waals surface area contributed by atoms with Gasteiger partial charge in [-0.25, -0.2) is 4.79 Å². The van der Waals surface area contributed by atoms with Crippen LogP contribution in [-0.4, -0.2) is 27.5 Å². The first-order chi connectivity index (χ1) is 11.8. The first kappa shape index (κ1) is 15.1. The molecule has 1 aliphatic heterocycles. The third-order valence-corrected chi connectivity index (χ3v) is 5.91. The summed E-state index contributed by atoms with van der Waals surface area (Å²) in [5.74, 6) is 2.93. The largest absolute Gasteiger partial charge is 0.346 e. The maximum atomic E-state index is 11.6. The summed E-state index contributed by atoms with van der Waals surface area (Å²) < 4.78 is 0. The van der Waals surface area contributed by atoms with Crippen LogP contribution in [0.2, 0.25) is 0 Å². The summed E-state index contributed by atoms with van der Waals surface area (Å²) in [5.41, 5.74) is 3.62. The summed E-state index contributed by atoms with van der Waals surface area (Å²) >= 11 is 1.87. The number of rotatable bonds is 2. The molecule has 1 heterocycles. The van der Waals surface area contributed by atoms with Crippen molar-refractivity contribution in [1.29, 1.82) is 0 Å². The normalized spacial score (nSPS) is 30.0. The average Bonchev–Trinajstić information content (AvgIpc) is 2.92. The quantitative estimate of drug-likeness (QED) is 0.562. The van der Waals surface area contributed by atoms with Crippen molar-refractivity contribution in [1.82, 2.24) is 4.90 Å². The Bertz CT molecular complexity index is 858. The molecule has 0 N–H and O–H groups in total. The van der Waals surface area contributed by atoms with E-state index in [0.717, 1.165) is 5.88 Å². The third-order valence-electron chi connectivity index (χ3n) is 4.77. The van der Waals surface area contributed by atoms with Crippen LogP contribution >= 0.6 is 11.8 Å². The van der Waals surface area contributed by atoms with Crippen molar-refractivity contribution < 1.29 is 4.79 Å². The number of hydrogen-bond acceptors (Lipinski definition) is 3. The van der Waals surface area contributed by atoms with E-state index in [1.54, 1.807) is 0 Å². The highest BCUT2D eigenvalue weighted by atomic mass is 32.2. The average molecular weight is 331 g/mol. The molecular weight excluding hydrogens is 314 g/mol. The molecule has 3 aliphatic carbocycles. The van der Waals surface area contributed by atoms with Gasteiger partial charge in [-0.3, -0.25) is 0 Å². The van der Waals surface area contributed by atoms with Crippen molar-refractivity contribution in [2.45, 2.75) is 10.8 Å². The summed E-state index contributed by atoms with van der Waals surface area (Å²) in [6.45, 7) is 4.04. The highest BCUT2D eigenvalue weighted by molar-refractivity contribution is 8.00. The molecule has 2 atom stereocenters. The Hall–Kier alpha value is -2.48. The Morgan fingerprint density at radius 3 is 2.92 bits per heavy atom. The Labute approximate surface area is 146 Å². The number of fused-ring (bicyclic) bond motifs is 2. The van der Waals surface area contributed by atoms with Crippen LogP contribution in [-0.2, 0) is 4.79 Å². The lowest BCUT2D eigenvalue weighted by molar-refractivity contribution is 0.309. The zero-order chi connectivity index (χ0) is 16.6. The van der Waals surface area contributed by atoms with Crippen molar-refractivity contribution in [3.63, 3.8) is 0 Å². The number of thioether (sulfide) groups is 1. The van der Waals surface area contributed by atoms with Crippen molar-refractivity contribution in [2.24, 2.45) is 0 Å². The predicted octanol–water partition coefficient (Wildman–Crippen LogP) is 4.05. The summed E-state index contributed by atoms with van der Waals surface area (Å²) in [7, 11) is 0. The van der Waals surface area contributed by atoms with E-state index in [4.69, 9.17) is 0 Å². The van der Waals surface area contributed by atoms with Gasteiger partial charge in [-0.15, -0.1) is 18.3 Å². The molecule has 0 aromatic rings. The zero-order valence-corrected chi connectivity index (χ0v) is 14.0. The van der Waals surface area contributed by atoms with Crippen LogP contribution < -0.4 is 0 Å². The van der Waals surface area contributed by atoms with Crippen molar-refractivity contribution in [2.75, 3.05) is 5.88 Å². The predicted molar refractivity (Wildman–Crippen MR) is 101 cm³/mol. The van der Waals surface area contributed by atoms with Crippen LogP contribution in [0.15, 0.2) is 102 Å². The van der Waals surface area contributed by atoms with E-state index in [9.17, 15) is 4.79 Å². The highest BCUT2D eigenvalue weighted by Gasteiger charge is 2.44. The molecule has 4 aliphatic rings. The number of nitrogens with zero attached hydrogens (tertiary/aromatic N) is 1. The molecule has 0 aromatic heterocycles. The fourth-order valence-corrected chi connectivity index (χ4v) is 4.82. The molecule has 0 radical (unpaired) electrons. The summed E-state index contributed by atoms with van der Waals surface area (Å²) in [5, 5.41) is 0.295. The lowest BCUT2D eigenvalue weighted by Gasteiger charge is -2.41. The fraction of sp³-hybridized carbons (Fsp3) is 0.143. The molecule has 1 fully saturated rings. The number of hydrogen-bond donors (Lipinski definition) is 0. The molecule has 0 saturated carbocycles. The Morgan fingerprint density at radius 2 is 2.08 bits per heavy atom. The van der Waals surface area contributed by atoms with Crippen LogP contribution in [0.3, 0.4) is 0 Å². The van der Waals surface area contributed by atoms with E-state index < -0.39 is 5.54 Å². The molecule has 24 heavy (non-hydrogen) atoms. The molecule has 1 saturated heterocycles. The molecule has 2 unspecified atom stereocenters. The van der Waals surface area contributed by atoms with E-state index in [1.165, 1.54) is 16.8 Å². The van der Waals surface area contributed by atoms with Crippen LogP contribution in [0, 0.1) is 0 Å². The van der Waals surface area contributed by atoms with E-state index in [0.29, 0.717) is 10.8 Å². The molecule has 118 valence electrons. The van der Waals surface area contributed by atoms with Gasteiger partial charge in [0.2, 0.25) is 0 Å². The van der Waals surface area contributed by atoms with Gasteiger partial charge in [-0.1, -0.05) is 60.8 Å². The lowest BCUT2D eigenvalue weighted by Crippen LogP contribution is -2.46. The second kappa shape index (κ2) is 5.86. The monoisotopic (exact) mass is 331 g/mol. The summed E-state index contributed by atoms with van der Waals surface area (Å²) in [6, 6.07) is 0. The molecular formula is C21H17NOS. The smallest absolute Gasteiger partial charge is 0.131 e. The minimum atomic E-state index is -0.634. The van der Waals surface area contributed by atoms with Gasteiger partial charge in [0.1, 0.15) is 11.5 Å². The molecule has 2 nitrogen and oxygen atoms in total. The highest BCUT2D eigenvalue weighted by Crippen LogP contribution is 2.47. The Kier molecular flexibility index (Phi) is 3.68.